The van der Waals surface area contributed by atoms with Gasteiger partial charge in [-0.3, -0.25) is 39.2 Å². The lowest BCUT2D eigenvalue weighted by molar-refractivity contribution is -0.147. The Balaban J connectivity index is 0.000000144. The summed E-state index contributed by atoms with van der Waals surface area (Å²) in [5, 5.41) is 29.0. The fourth-order valence-corrected chi connectivity index (χ4v) is 18.7. The molecule has 4 aromatic carbocycles. The highest BCUT2D eigenvalue weighted by Gasteiger charge is 2.36. The van der Waals surface area contributed by atoms with Crippen molar-refractivity contribution in [2.45, 2.75) is 157 Å². The fourth-order valence-electron chi connectivity index (χ4n) is 17.9. The lowest BCUT2D eigenvalue weighted by atomic mass is 9.90. The monoisotopic (exact) mass is 1760 g/mol. The molecule has 26 nitrogen and oxygen atoms in total. The molecule has 8 aromatic heterocycles. The Morgan fingerprint density at radius 1 is 0.405 bits per heavy atom. The van der Waals surface area contributed by atoms with E-state index in [0.717, 1.165) is 170 Å². The van der Waals surface area contributed by atoms with Crippen molar-refractivity contribution in [2.24, 2.45) is 23.7 Å². The molecule has 0 bridgehead atoms. The number of para-hydroxylation sites is 4. The number of hydrogen-bond donors (Lipinski definition) is 6. The Labute approximate surface area is 735 Å². The number of halogens is 6. The first-order valence-electron chi connectivity index (χ1n) is 45.0. The third kappa shape index (κ3) is 25.8. The molecule has 0 amide bonds. The number of hydrogen-bond acceptors (Lipinski definition) is 21. The van der Waals surface area contributed by atoms with E-state index in [9.17, 15) is 45.5 Å². The van der Waals surface area contributed by atoms with Crippen molar-refractivity contribution >= 4 is 101 Å². The van der Waals surface area contributed by atoms with Crippen molar-refractivity contribution in [3.63, 3.8) is 0 Å². The number of oxazole rings is 1. The van der Waals surface area contributed by atoms with Gasteiger partial charge in [0.2, 0.25) is 17.0 Å². The number of piperazine rings is 4. The third-order valence-electron chi connectivity index (χ3n) is 24.6. The third-order valence-corrected chi connectivity index (χ3v) is 25.6. The summed E-state index contributed by atoms with van der Waals surface area (Å²) in [5.74, 6) is 2.81. The smallest absolute Gasteiger partial charge is 0.401 e. The molecule has 16 rings (SSSR count). The van der Waals surface area contributed by atoms with Crippen molar-refractivity contribution in [3.05, 3.63) is 173 Å². The molecule has 0 aliphatic carbocycles. The zero-order chi connectivity index (χ0) is 88.7. The van der Waals surface area contributed by atoms with Crippen LogP contribution in [0.1, 0.15) is 182 Å². The van der Waals surface area contributed by atoms with Crippen molar-refractivity contribution in [1.82, 2.24) is 85.1 Å². The molecule has 676 valence electrons. The van der Waals surface area contributed by atoms with Crippen molar-refractivity contribution in [2.75, 3.05) is 150 Å². The van der Waals surface area contributed by atoms with E-state index in [1.54, 1.807) is 4.90 Å². The minimum Gasteiger partial charge on any atom is -0.420 e. The molecule has 4 atom stereocenters. The molecule has 126 heavy (non-hydrogen) atoms. The molecule has 12 aromatic rings. The molecule has 4 aliphatic rings. The quantitative estimate of drug-likeness (QED) is 0.0157. The molecule has 4 fully saturated rings. The molecule has 0 saturated carbocycles. The van der Waals surface area contributed by atoms with Gasteiger partial charge in [-0.25, -0.2) is 4.98 Å². The van der Waals surface area contributed by atoms with E-state index in [1.807, 2.05) is 65.8 Å². The maximum atomic E-state index is 13.0. The van der Waals surface area contributed by atoms with E-state index in [1.165, 1.54) is 71.1 Å². The van der Waals surface area contributed by atoms with Crippen LogP contribution >= 0.6 is 11.3 Å². The number of Topliss-reactive ketones (excluding diaryl/α,β-unsaturated/α-hetero) is 4. The number of rotatable bonds is 36. The van der Waals surface area contributed by atoms with Gasteiger partial charge >= 0.3 is 12.4 Å². The highest BCUT2D eigenvalue weighted by Crippen LogP contribution is 2.34. The van der Waals surface area contributed by atoms with Gasteiger partial charge in [0.15, 0.2) is 45.5 Å². The second kappa shape index (κ2) is 44.7. The number of nitrogens with one attached hydrogen (secondary N) is 6. The van der Waals surface area contributed by atoms with Crippen LogP contribution in [0.2, 0.25) is 0 Å². The van der Waals surface area contributed by atoms with Crippen LogP contribution in [0.3, 0.4) is 0 Å². The van der Waals surface area contributed by atoms with Gasteiger partial charge in [-0.15, -0.1) is 20.4 Å². The van der Waals surface area contributed by atoms with Crippen molar-refractivity contribution < 1.29 is 49.9 Å². The number of aromatic nitrogens is 13. The molecule has 4 unspecified atom stereocenters. The van der Waals surface area contributed by atoms with Crippen LogP contribution in [0.15, 0.2) is 132 Å². The Hall–Kier alpha value is -10.6. The van der Waals surface area contributed by atoms with E-state index in [4.69, 9.17) is 4.42 Å². The normalized spacial score (nSPS) is 16.3. The maximum absolute atomic E-state index is 13.0. The highest BCUT2D eigenvalue weighted by atomic mass is 32.1. The summed E-state index contributed by atoms with van der Waals surface area (Å²) >= 11 is 1.46. The minimum atomic E-state index is -4.20. The molecular formula is C93H121F6N21O5S. The average Bonchev–Trinajstić information content (AvgIpc) is 1.69. The van der Waals surface area contributed by atoms with Crippen LogP contribution in [-0.2, 0) is 25.7 Å². The molecule has 4 saturated heterocycles. The first-order chi connectivity index (χ1) is 61.0. The van der Waals surface area contributed by atoms with E-state index in [0.29, 0.717) is 92.4 Å². The van der Waals surface area contributed by atoms with Crippen LogP contribution in [0.5, 0.6) is 0 Å². The number of H-pyrrole nitrogens is 6. The largest absolute Gasteiger partial charge is 0.420 e. The summed E-state index contributed by atoms with van der Waals surface area (Å²) in [4.78, 5) is 93.8. The molecule has 0 spiro atoms. The number of carbonyl (C=O) groups excluding carboxylic acids is 4. The van der Waals surface area contributed by atoms with Crippen molar-refractivity contribution in [3.8, 4) is 0 Å². The summed E-state index contributed by atoms with van der Waals surface area (Å²) < 4.78 is 81.2. The summed E-state index contributed by atoms with van der Waals surface area (Å²) in [6, 6.07) is 33.3. The van der Waals surface area contributed by atoms with Gasteiger partial charge in [-0.2, -0.15) is 36.3 Å². The molecule has 12 heterocycles. The van der Waals surface area contributed by atoms with Crippen LogP contribution in [-0.4, -0.2) is 251 Å². The fraction of sp³-hybridized carbons (Fsp3) is 0.516. The van der Waals surface area contributed by atoms with Crippen LogP contribution < -0.4 is 19.6 Å². The Kier molecular flexibility index (Phi) is 33.0. The number of benzene rings is 4. The SMILES string of the molecule is CCCC(CC(=O)c1cnc(N2CCN(CC(F)(F)F)CC2)o1)Cc1c[nH]c2ccccc12.CCCC(CC(=O)c1nc(N2CCN(CC(F)(F)F)CC2)n[nH]1)Cc1c[nH]c2ccccc12.CCCC(CC(=O)c1nc(N2CCN(CC)CC2)n[nH]1)Cc1c[nH]c2ccccc12.CCCC(CC(=O)c1nnc(N2CCN(CC)CC2)s1)Cc1c[nH]c2ccccc12. The van der Waals surface area contributed by atoms with Gasteiger partial charge in [0.05, 0.1) is 19.3 Å². The molecule has 4 aliphatic heterocycles. The number of carbonyl (C=O) groups is 4. The zero-order valence-corrected chi connectivity index (χ0v) is 74.1. The number of anilines is 4. The summed E-state index contributed by atoms with van der Waals surface area (Å²) in [6.07, 6.45) is 14.4. The van der Waals surface area contributed by atoms with Gasteiger partial charge in [0.1, 0.15) is 0 Å². The molecule has 33 heteroatoms. The van der Waals surface area contributed by atoms with Gasteiger partial charge in [-0.1, -0.05) is 151 Å². The van der Waals surface area contributed by atoms with E-state index < -0.39 is 25.4 Å². The Morgan fingerprint density at radius 3 is 1.08 bits per heavy atom. The first-order valence-corrected chi connectivity index (χ1v) is 45.8. The van der Waals surface area contributed by atoms with Crippen LogP contribution in [0, 0.1) is 23.7 Å². The molecule has 6 N–H and O–H groups in total. The second-order valence-electron chi connectivity index (χ2n) is 33.8. The second-order valence-corrected chi connectivity index (χ2v) is 34.8. The number of ketones is 4. The topological polar surface area (TPSA) is 292 Å². The minimum absolute atomic E-state index is 0.0548. The van der Waals surface area contributed by atoms with Gasteiger partial charge in [0.25, 0.3) is 6.01 Å². The first kappa shape index (κ1) is 93.0. The zero-order valence-electron chi connectivity index (χ0n) is 73.3. The number of fused-ring (bicyclic) bond motifs is 4. The predicted octanol–water partition coefficient (Wildman–Crippen LogP) is 17.3. The van der Waals surface area contributed by atoms with Crippen molar-refractivity contribution in [1.29, 1.82) is 0 Å². The number of aromatic amines is 6. The van der Waals surface area contributed by atoms with Gasteiger partial charge in [0, 0.05) is 199 Å². The summed E-state index contributed by atoms with van der Waals surface area (Å²) in [7, 11) is 0. The summed E-state index contributed by atoms with van der Waals surface area (Å²) in [5.41, 5.74) is 9.46. The van der Waals surface area contributed by atoms with Crippen LogP contribution in [0.25, 0.3) is 43.6 Å². The number of alkyl halides is 6. The average molecular weight is 1760 g/mol. The number of likely N-dealkylation sites (N-methyl/N-ethyl adjacent to an activating group) is 2. The van der Waals surface area contributed by atoms with Gasteiger partial charge in [-0.05, 0) is 135 Å². The van der Waals surface area contributed by atoms with Gasteiger partial charge < -0.3 is 53.8 Å². The highest BCUT2D eigenvalue weighted by molar-refractivity contribution is 7.17. The standard InChI is InChI=1S/C24H29F3N4O2.C23H29F3N6O.C23H32N6O.C23H31N5OS/c1-2-5-17(12-18-14-28-20-7-4-3-6-19(18)20)13-21(32)22-15-29-23(33-22)31-10-8-30(9-11-31)16-24(25,26)27;1-2-5-16(12-17-14-27-19-7-4-3-6-18(17)19)13-20(33)21-28-22(30-29-21)32-10-8-31(9-11-32)15-23(24,25)26;1-3-7-17(14-18-16-24-20-9-6-5-8-19(18)20)15-21(30)22-25-23(27-26-22)29-12-10-28(4-2)11-13-29;1-3-7-17(14-18-16-24-20-9-6-5-8-19(18)20)15-21(29)22-25-26-23(30-22)28-12-10-27(4-2)11-13-28/h3-4,6-7,14-15,17,28H,2,5,8-13,16H2,1H3;3-4,6-7,14,16,27H,2,5,8-13,15H2,1H3,(H,28,29,30);5-6,8-9,16-17,24H,3-4,7,10-15H2,1-2H3,(H,25,26,27);5-6,8-9,16-17,24H,3-4,7,10-15H2,1-2H3. The van der Waals surface area contributed by atoms with E-state index in [-0.39, 0.29) is 72.7 Å². The van der Waals surface area contributed by atoms with E-state index in [2.05, 4.69) is 188 Å². The molecular weight excluding hydrogens is 1640 g/mol. The lowest BCUT2D eigenvalue weighted by Crippen LogP contribution is -2.49. The summed E-state index contributed by atoms with van der Waals surface area (Å²) in [6.45, 7) is 23.8. The Bertz CT molecular complexity index is 5070. The maximum Gasteiger partial charge on any atom is 0.401 e. The van der Waals surface area contributed by atoms with E-state index >= 15 is 0 Å². The molecule has 0 radical (unpaired) electrons. The van der Waals surface area contributed by atoms with Crippen LogP contribution in [0.4, 0.5) is 49.4 Å². The predicted molar refractivity (Wildman–Crippen MR) is 485 cm³/mol. The lowest BCUT2D eigenvalue weighted by Gasteiger charge is -2.34. The Morgan fingerprint density at radius 2 is 0.730 bits per heavy atom. The number of nitrogens with zero attached hydrogens (tertiary/aromatic N) is 15.